The van der Waals surface area contributed by atoms with Gasteiger partial charge in [-0.2, -0.15) is 0 Å². The Morgan fingerprint density at radius 3 is 2.91 bits per heavy atom. The molecule has 1 aliphatic heterocycles. The zero-order valence-electron chi connectivity index (χ0n) is 12.2. The van der Waals surface area contributed by atoms with E-state index < -0.39 is 0 Å². The van der Waals surface area contributed by atoms with Crippen molar-refractivity contribution in [2.24, 2.45) is 0 Å². The Hall–Kier alpha value is -2.11. The maximum absolute atomic E-state index is 13.0. The summed E-state index contributed by atoms with van der Waals surface area (Å²) in [5.74, 6) is 0.397. The topological polar surface area (TPSA) is 61.9 Å². The van der Waals surface area contributed by atoms with Crippen molar-refractivity contribution in [1.29, 1.82) is 0 Å². The number of hydrogen-bond donors (Lipinski definition) is 1. The van der Waals surface area contributed by atoms with Crippen LogP contribution >= 0.6 is 23.2 Å². The monoisotopic (exact) mass is 346 g/mol. The van der Waals surface area contributed by atoms with Crippen LogP contribution in [0.15, 0.2) is 24.4 Å². The molecule has 5 nitrogen and oxygen atoms in total. The number of rotatable bonds is 1. The average molecular weight is 347 g/mol. The molecule has 3 heterocycles. The summed E-state index contributed by atoms with van der Waals surface area (Å²) in [7, 11) is 0. The van der Waals surface area contributed by atoms with Crippen LogP contribution in [0.4, 0.5) is 5.69 Å². The highest BCUT2D eigenvalue weighted by Gasteiger charge is 2.30. The molecule has 0 spiro atoms. The quantitative estimate of drug-likeness (QED) is 0.729. The largest absolute Gasteiger partial charge is 0.346 e. The Labute approximate surface area is 142 Å². The summed E-state index contributed by atoms with van der Waals surface area (Å²) in [5.41, 5.74) is 2.76. The summed E-state index contributed by atoms with van der Waals surface area (Å²) >= 11 is 12.3. The van der Waals surface area contributed by atoms with Gasteiger partial charge in [0.15, 0.2) is 0 Å². The molecule has 0 unspecified atom stereocenters. The molecule has 4 rings (SSSR count). The number of H-pyrrole nitrogens is 1. The molecule has 1 amide bonds. The van der Waals surface area contributed by atoms with Crippen LogP contribution in [-0.4, -0.2) is 27.4 Å². The lowest BCUT2D eigenvalue weighted by atomic mass is 10.1. The van der Waals surface area contributed by atoms with E-state index >= 15 is 0 Å². The number of carbonyl (C=O) groups excluding carboxylic acids is 1. The summed E-state index contributed by atoms with van der Waals surface area (Å²) in [6.07, 6.45) is 2.44. The van der Waals surface area contributed by atoms with Gasteiger partial charge in [-0.15, -0.1) is 0 Å². The summed E-state index contributed by atoms with van der Waals surface area (Å²) in [6, 6.07) is 5.36. The lowest BCUT2D eigenvalue weighted by Crippen LogP contribution is -2.30. The van der Waals surface area contributed by atoms with Crippen LogP contribution in [0.25, 0.3) is 11.0 Å². The summed E-state index contributed by atoms with van der Waals surface area (Å²) in [6.45, 7) is 2.33. The van der Waals surface area contributed by atoms with Crippen LogP contribution in [0.1, 0.15) is 21.9 Å². The van der Waals surface area contributed by atoms with Gasteiger partial charge in [0.1, 0.15) is 17.2 Å². The number of carbonyl (C=O) groups is 1. The molecule has 1 aromatic carbocycles. The number of amides is 1. The standard InChI is InChI=1S/C16H12Cl2N4O/c1-8-20-14(10-4-6-19-15(10)21-8)16(23)22-7-5-9-12(22)3-2-11(17)13(9)18/h2-4,6H,5,7H2,1H3,(H,19,20,21). The molecule has 3 aromatic rings. The van der Waals surface area contributed by atoms with Gasteiger partial charge < -0.3 is 9.88 Å². The van der Waals surface area contributed by atoms with Crippen molar-refractivity contribution >= 4 is 45.8 Å². The van der Waals surface area contributed by atoms with Gasteiger partial charge in [0.2, 0.25) is 0 Å². The highest BCUT2D eigenvalue weighted by molar-refractivity contribution is 6.43. The van der Waals surface area contributed by atoms with E-state index in [4.69, 9.17) is 23.2 Å². The molecule has 0 atom stereocenters. The van der Waals surface area contributed by atoms with Gasteiger partial charge in [-0.1, -0.05) is 23.2 Å². The molecule has 0 radical (unpaired) electrons. The number of hydrogen-bond acceptors (Lipinski definition) is 3. The Kier molecular flexibility index (Phi) is 3.28. The number of fused-ring (bicyclic) bond motifs is 2. The minimum absolute atomic E-state index is 0.155. The maximum Gasteiger partial charge on any atom is 0.277 e. The van der Waals surface area contributed by atoms with Crippen LogP contribution in [-0.2, 0) is 6.42 Å². The van der Waals surface area contributed by atoms with Crippen molar-refractivity contribution in [2.75, 3.05) is 11.4 Å². The normalized spacial score (nSPS) is 13.6. The lowest BCUT2D eigenvalue weighted by Gasteiger charge is -2.17. The molecule has 116 valence electrons. The van der Waals surface area contributed by atoms with Gasteiger partial charge in [-0.3, -0.25) is 4.79 Å². The Morgan fingerprint density at radius 2 is 2.09 bits per heavy atom. The van der Waals surface area contributed by atoms with Crippen LogP contribution in [0.3, 0.4) is 0 Å². The Bertz CT molecular complexity index is 951. The van der Waals surface area contributed by atoms with Gasteiger partial charge in [0.05, 0.1) is 15.4 Å². The molecule has 0 saturated carbocycles. The molecule has 7 heteroatoms. The van der Waals surface area contributed by atoms with Gasteiger partial charge in [0.25, 0.3) is 5.91 Å². The van der Waals surface area contributed by atoms with E-state index in [1.807, 2.05) is 12.1 Å². The van der Waals surface area contributed by atoms with Crippen molar-refractivity contribution in [3.05, 3.63) is 51.5 Å². The third kappa shape index (κ3) is 2.19. The van der Waals surface area contributed by atoms with E-state index in [1.165, 1.54) is 0 Å². The fourth-order valence-electron chi connectivity index (χ4n) is 2.97. The Balaban J connectivity index is 1.83. The zero-order valence-corrected chi connectivity index (χ0v) is 13.7. The van der Waals surface area contributed by atoms with Gasteiger partial charge >= 0.3 is 0 Å². The van der Waals surface area contributed by atoms with Gasteiger partial charge in [-0.05, 0) is 37.1 Å². The molecular weight excluding hydrogens is 335 g/mol. The minimum atomic E-state index is -0.155. The number of halogens is 2. The number of aromatic nitrogens is 3. The van der Waals surface area contributed by atoms with Crippen LogP contribution < -0.4 is 4.90 Å². The van der Waals surface area contributed by atoms with E-state index in [2.05, 4.69) is 15.0 Å². The predicted octanol–water partition coefficient (Wildman–Crippen LogP) is 3.78. The third-order valence-electron chi connectivity index (χ3n) is 4.02. The molecular formula is C16H12Cl2N4O. The van der Waals surface area contributed by atoms with E-state index in [1.54, 1.807) is 24.1 Å². The van der Waals surface area contributed by atoms with E-state index in [9.17, 15) is 4.79 Å². The second-order valence-corrected chi connectivity index (χ2v) is 6.21. The first-order valence-corrected chi connectivity index (χ1v) is 7.92. The van der Waals surface area contributed by atoms with Crippen LogP contribution in [0, 0.1) is 6.92 Å². The first-order chi connectivity index (χ1) is 11.1. The number of benzene rings is 1. The molecule has 0 aliphatic carbocycles. The fourth-order valence-corrected chi connectivity index (χ4v) is 3.40. The molecule has 0 bridgehead atoms. The highest BCUT2D eigenvalue weighted by Crippen LogP contribution is 2.38. The second kappa shape index (κ2) is 5.22. The molecule has 2 aromatic heterocycles. The number of aromatic amines is 1. The predicted molar refractivity (Wildman–Crippen MR) is 90.5 cm³/mol. The molecule has 0 saturated heterocycles. The zero-order chi connectivity index (χ0) is 16.1. The first-order valence-electron chi connectivity index (χ1n) is 7.16. The van der Waals surface area contributed by atoms with Crippen molar-refractivity contribution < 1.29 is 4.79 Å². The smallest absolute Gasteiger partial charge is 0.277 e. The minimum Gasteiger partial charge on any atom is -0.346 e. The number of anilines is 1. The van der Waals surface area contributed by atoms with Crippen molar-refractivity contribution in [3.63, 3.8) is 0 Å². The van der Waals surface area contributed by atoms with Gasteiger partial charge in [0, 0.05) is 18.4 Å². The first kappa shape index (κ1) is 14.5. The maximum atomic E-state index is 13.0. The third-order valence-corrected chi connectivity index (χ3v) is 4.87. The second-order valence-electron chi connectivity index (χ2n) is 5.43. The highest BCUT2D eigenvalue weighted by atomic mass is 35.5. The number of aryl methyl sites for hydroxylation is 1. The molecule has 23 heavy (non-hydrogen) atoms. The van der Waals surface area contributed by atoms with Crippen molar-refractivity contribution in [3.8, 4) is 0 Å². The summed E-state index contributed by atoms with van der Waals surface area (Å²) in [5, 5.41) is 1.74. The molecule has 0 fully saturated rings. The average Bonchev–Trinajstić information content (AvgIpc) is 3.16. The van der Waals surface area contributed by atoms with Crippen molar-refractivity contribution in [2.45, 2.75) is 13.3 Å². The van der Waals surface area contributed by atoms with Crippen LogP contribution in [0.5, 0.6) is 0 Å². The number of nitrogens with one attached hydrogen (secondary N) is 1. The van der Waals surface area contributed by atoms with Crippen LogP contribution in [0.2, 0.25) is 10.0 Å². The fraction of sp³-hybridized carbons (Fsp3) is 0.188. The summed E-state index contributed by atoms with van der Waals surface area (Å²) < 4.78 is 0. The number of nitrogens with zero attached hydrogens (tertiary/aromatic N) is 3. The molecule has 1 aliphatic rings. The van der Waals surface area contributed by atoms with E-state index in [-0.39, 0.29) is 5.91 Å². The summed E-state index contributed by atoms with van der Waals surface area (Å²) in [4.78, 5) is 26.4. The lowest BCUT2D eigenvalue weighted by molar-refractivity contribution is 0.0986. The van der Waals surface area contributed by atoms with E-state index in [0.29, 0.717) is 45.6 Å². The SMILES string of the molecule is Cc1nc(C(=O)N2CCc3c2ccc(Cl)c3Cl)c2cc[nH]c2n1. The molecule has 1 N–H and O–H groups in total. The van der Waals surface area contributed by atoms with E-state index in [0.717, 1.165) is 11.3 Å². The van der Waals surface area contributed by atoms with Gasteiger partial charge in [-0.25, -0.2) is 9.97 Å². The van der Waals surface area contributed by atoms with Crippen molar-refractivity contribution in [1.82, 2.24) is 15.0 Å². The Morgan fingerprint density at radius 1 is 1.26 bits per heavy atom.